The number of halogens is 2. The molecule has 0 aromatic heterocycles. The number of amides is 1. The second-order valence-electron chi connectivity index (χ2n) is 12.1. The minimum atomic E-state index is -0.985. The maximum atomic E-state index is 13.1. The van der Waals surface area contributed by atoms with E-state index in [2.05, 4.69) is 19.0 Å². The number of fused-ring (bicyclic) bond motifs is 2. The molecule has 1 N–H and O–H groups in total. The zero-order chi connectivity index (χ0) is 32.8. The molecule has 2 aromatic rings. The number of thioether (sulfide) groups is 1. The van der Waals surface area contributed by atoms with E-state index in [0.29, 0.717) is 17.9 Å². The molecule has 5 atom stereocenters. The predicted molar refractivity (Wildman–Crippen MR) is 191 cm³/mol. The monoisotopic (exact) mass is 788 g/mol. The molecule has 3 heterocycles. The molecule has 1 amide bonds. The molecule has 246 valence electrons. The summed E-state index contributed by atoms with van der Waals surface area (Å²) in [7, 11) is -0.743. The highest BCUT2D eigenvalue weighted by Gasteiger charge is 2.70. The van der Waals surface area contributed by atoms with Crippen LogP contribution in [0.5, 0.6) is 11.5 Å². The van der Waals surface area contributed by atoms with E-state index < -0.39 is 24.5 Å². The number of ether oxygens (including phenoxy) is 2. The third-order valence-corrected chi connectivity index (χ3v) is 13.6. The summed E-state index contributed by atoms with van der Waals surface area (Å²) < 4.78 is 21.6. The zero-order valence-electron chi connectivity index (χ0n) is 26.2. The quantitative estimate of drug-likeness (QED) is 0.0327. The molecule has 5 rings (SSSR count). The Labute approximate surface area is 291 Å². The smallest absolute Gasteiger partial charge is 0.258 e. The lowest BCUT2D eigenvalue weighted by atomic mass is 9.89. The van der Waals surface area contributed by atoms with Gasteiger partial charge in [0.2, 0.25) is 9.67 Å². The predicted octanol–water partition coefficient (Wildman–Crippen LogP) is 7.57. The molecule has 0 aliphatic carbocycles. The largest absolute Gasteiger partial charge is 0.454 e. The van der Waals surface area contributed by atoms with Crippen LogP contribution in [-0.4, -0.2) is 69.1 Å². The van der Waals surface area contributed by atoms with Gasteiger partial charge in [0, 0.05) is 37.7 Å². The summed E-state index contributed by atoms with van der Waals surface area (Å²) in [6.45, 7) is 8.50. The van der Waals surface area contributed by atoms with E-state index in [9.17, 15) is 13.8 Å². The van der Waals surface area contributed by atoms with Crippen molar-refractivity contribution in [2.45, 2.75) is 96.9 Å². The van der Waals surface area contributed by atoms with Crippen molar-refractivity contribution in [3.63, 3.8) is 0 Å². The molecule has 2 aromatic carbocycles. The van der Waals surface area contributed by atoms with Gasteiger partial charge in [0.05, 0.1) is 6.21 Å². The third-order valence-electron chi connectivity index (χ3n) is 8.21. The minimum Gasteiger partial charge on any atom is -0.454 e. The first kappa shape index (κ1) is 36.0. The van der Waals surface area contributed by atoms with E-state index in [1.165, 1.54) is 43.9 Å². The Morgan fingerprint density at radius 3 is 2.60 bits per heavy atom. The Morgan fingerprint density at radius 2 is 1.87 bits per heavy atom. The number of β-lactam (4-membered cyclic amide) rings is 1. The average molecular weight is 789 g/mol. The zero-order valence-corrected chi connectivity index (χ0v) is 30.7. The number of rotatable bonds is 13. The molecule has 45 heavy (non-hydrogen) atoms. The lowest BCUT2D eigenvalue weighted by molar-refractivity contribution is -0.143. The second kappa shape index (κ2) is 15.8. The van der Waals surface area contributed by atoms with Crippen LogP contribution < -0.4 is 9.47 Å². The highest BCUT2D eigenvalue weighted by molar-refractivity contribution is 14.1. The number of carbonyl (C=O) groups is 2. The lowest BCUT2D eigenvalue weighted by Crippen LogP contribution is -2.68. The van der Waals surface area contributed by atoms with Gasteiger partial charge in [0.15, 0.2) is 17.3 Å². The molecule has 0 spiro atoms. The third kappa shape index (κ3) is 8.37. The summed E-state index contributed by atoms with van der Waals surface area (Å²) in [5, 5.41) is 11.8. The van der Waals surface area contributed by atoms with Crippen LogP contribution in [0.1, 0.15) is 87.7 Å². The van der Waals surface area contributed by atoms with Crippen molar-refractivity contribution < 1.29 is 28.5 Å². The van der Waals surface area contributed by atoms with Crippen molar-refractivity contribution in [3.05, 3.63) is 59.2 Å². The Hall–Kier alpha value is -1.83. The Morgan fingerprint density at radius 1 is 1.18 bits per heavy atom. The molecule has 0 saturated carbocycles. The molecule has 3 unspecified atom stereocenters. The second-order valence-corrected chi connectivity index (χ2v) is 18.7. The van der Waals surface area contributed by atoms with Gasteiger partial charge in [0.25, 0.3) is 5.91 Å². The number of nitrogens with zero attached hydrogens (tertiary/aromatic N) is 2. The number of alkyl halides is 2. The number of oxime groups is 1. The van der Waals surface area contributed by atoms with Crippen molar-refractivity contribution in [1.82, 2.24) is 4.90 Å². The number of hydrogen-bond acceptors (Lipinski definition) is 8. The van der Waals surface area contributed by atoms with Crippen LogP contribution in [-0.2, 0) is 22.0 Å². The highest BCUT2D eigenvalue weighted by atomic mass is 127. The van der Waals surface area contributed by atoms with Crippen molar-refractivity contribution >= 4 is 74.7 Å². The van der Waals surface area contributed by atoms with Crippen LogP contribution in [0.25, 0.3) is 0 Å². The fourth-order valence-corrected chi connectivity index (χ4v) is 9.84. The first-order chi connectivity index (χ1) is 21.4. The maximum absolute atomic E-state index is 13.1. The molecule has 8 nitrogen and oxygen atoms in total. The molecular formula is C33H42ClIN2O6S2. The number of hydrogen-bond donors (Lipinski definition) is 1. The summed E-state index contributed by atoms with van der Waals surface area (Å²) >= 11 is 9.77. The Kier molecular flexibility index (Phi) is 12.7. The van der Waals surface area contributed by atoms with Gasteiger partial charge < -0.3 is 19.6 Å². The van der Waals surface area contributed by atoms with Crippen LogP contribution in [0.2, 0.25) is 0 Å². The van der Waals surface area contributed by atoms with Crippen LogP contribution in [0.15, 0.2) is 47.6 Å². The van der Waals surface area contributed by atoms with Crippen LogP contribution >= 0.6 is 46.0 Å². The number of unbranched alkanes of at least 4 members (excludes halogenated alkanes) is 5. The van der Waals surface area contributed by atoms with Crippen molar-refractivity contribution in [2.24, 2.45) is 5.16 Å². The van der Waals surface area contributed by atoms with Crippen LogP contribution in [0.3, 0.4) is 0 Å². The van der Waals surface area contributed by atoms with Gasteiger partial charge in [-0.1, -0.05) is 93.0 Å². The normalized spacial score (nSPS) is 24.0. The summed E-state index contributed by atoms with van der Waals surface area (Å²) in [6.07, 6.45) is 9.55. The first-order valence-corrected chi connectivity index (χ1v) is 19.1. The molecule has 2 fully saturated rings. The summed E-state index contributed by atoms with van der Waals surface area (Å²) in [6, 6.07) is 12.3. The van der Waals surface area contributed by atoms with Gasteiger partial charge in [-0.05, 0) is 67.0 Å². The van der Waals surface area contributed by atoms with Crippen molar-refractivity contribution in [1.29, 1.82) is 0 Å². The van der Waals surface area contributed by atoms with E-state index in [1.807, 2.05) is 54.6 Å². The van der Waals surface area contributed by atoms with Crippen molar-refractivity contribution in [2.75, 3.05) is 12.5 Å². The molecule has 0 bridgehead atoms. The lowest BCUT2D eigenvalue weighted by Gasteiger charge is -2.46. The minimum absolute atomic E-state index is 0.169. The summed E-state index contributed by atoms with van der Waals surface area (Å²) in [5.41, 5.74) is 2.12. The van der Waals surface area contributed by atoms with E-state index >= 15 is 0 Å². The fraction of sp³-hybridized carbons (Fsp3) is 0.545. The molecule has 0 radical (unpaired) electrons. The van der Waals surface area contributed by atoms with E-state index in [-0.39, 0.29) is 22.3 Å². The van der Waals surface area contributed by atoms with Crippen LogP contribution in [0, 0.1) is 0 Å². The molecule has 3 aliphatic heterocycles. The first-order valence-electron chi connectivity index (χ1n) is 15.4. The van der Waals surface area contributed by atoms with Gasteiger partial charge in [0.1, 0.15) is 11.4 Å². The molecule has 12 heteroatoms. The molecular weight excluding hydrogens is 747 g/mol. The van der Waals surface area contributed by atoms with Gasteiger partial charge >= 0.3 is 0 Å². The van der Waals surface area contributed by atoms with Gasteiger partial charge in [-0.2, -0.15) is 0 Å². The molecule has 3 aliphatic rings. The SMILES string of the molecule is CC1(C)S[C@H]2N(C(=O)C2(Cl)I)[C@H]1C(=O)c1ccccc1/C=N/O.CCCCCCCCS(=O)C(C)Cc1ccc2c(c1)OCO2. The highest BCUT2D eigenvalue weighted by Crippen LogP contribution is 2.60. The Bertz CT molecular complexity index is 1420. The number of Topliss-reactive ketones (excluding diaryl/α,β-unsaturated/α-hetero) is 1. The van der Waals surface area contributed by atoms with E-state index in [4.69, 9.17) is 26.3 Å². The van der Waals surface area contributed by atoms with Crippen LogP contribution in [0.4, 0.5) is 0 Å². The fourth-order valence-electron chi connectivity index (χ4n) is 5.77. The standard InChI is InChI=1S/C18H28O3S.C15H14ClIN2O3S/c1-3-4-5-6-7-8-11-22(19)15(2)12-16-9-10-17-18(13-16)21-14-20-17;1-14(2)11(19-12(21)15(16,17)13(19)23-14)10(20)9-6-4-3-5-8(9)7-18-22/h9-10,13,15H,3-8,11-12,14H2,1-2H3;3-7,11,13,22H,1-2H3/b;18-7+/t;11-,13+,15?/m.0/s1. The topological polar surface area (TPSA) is 106 Å². The van der Waals surface area contributed by atoms with Crippen molar-refractivity contribution in [3.8, 4) is 11.5 Å². The number of benzene rings is 2. The van der Waals surface area contributed by atoms with E-state index in [0.717, 1.165) is 30.1 Å². The average Bonchev–Trinajstić information content (AvgIpc) is 3.59. The number of ketones is 1. The van der Waals surface area contributed by atoms with Gasteiger partial charge in [-0.15, -0.1) is 11.8 Å². The summed E-state index contributed by atoms with van der Waals surface area (Å²) in [5.74, 6) is 2.06. The number of carbonyl (C=O) groups excluding carboxylic acids is 2. The maximum Gasteiger partial charge on any atom is 0.258 e. The van der Waals surface area contributed by atoms with Gasteiger partial charge in [-0.25, -0.2) is 0 Å². The van der Waals surface area contributed by atoms with E-state index in [1.54, 1.807) is 40.9 Å². The molecule has 2 saturated heterocycles. The Balaban J connectivity index is 0.000000205. The van der Waals surface area contributed by atoms with Gasteiger partial charge in [-0.3, -0.25) is 13.8 Å². The summed E-state index contributed by atoms with van der Waals surface area (Å²) in [4.78, 5) is 27.1.